The highest BCUT2D eigenvalue weighted by atomic mass is 35.5. The lowest BCUT2D eigenvalue weighted by Crippen LogP contribution is -2.07. The van der Waals surface area contributed by atoms with Crippen LogP contribution < -0.4 is 5.32 Å². The van der Waals surface area contributed by atoms with Crippen LogP contribution in [0, 0.1) is 0 Å². The molecule has 0 fully saturated rings. The first-order valence-corrected chi connectivity index (χ1v) is 5.57. The molecule has 1 heterocycles. The summed E-state index contributed by atoms with van der Waals surface area (Å²) >= 11 is 5.77. The lowest BCUT2D eigenvalue weighted by Gasteiger charge is -2.05. The molecular weight excluding hydrogens is 254 g/mol. The molecule has 0 atom stereocenters. The van der Waals surface area contributed by atoms with Gasteiger partial charge in [-0.1, -0.05) is 23.7 Å². The van der Waals surface area contributed by atoms with Crippen LogP contribution in [0.4, 0.5) is 5.95 Å². The van der Waals surface area contributed by atoms with Gasteiger partial charge in [0, 0.05) is 17.8 Å². The molecule has 0 radical (unpaired) electrons. The Kier molecular flexibility index (Phi) is 3.74. The Morgan fingerprint density at radius 2 is 2.00 bits per heavy atom. The number of aromatic nitrogens is 2. The first kappa shape index (κ1) is 12.3. The summed E-state index contributed by atoms with van der Waals surface area (Å²) in [5.74, 6) is -0.795. The van der Waals surface area contributed by atoms with E-state index in [2.05, 4.69) is 15.3 Å². The van der Waals surface area contributed by atoms with E-state index in [-0.39, 0.29) is 11.6 Å². The Hall–Kier alpha value is -2.14. The molecule has 0 aliphatic heterocycles. The highest BCUT2D eigenvalue weighted by Crippen LogP contribution is 2.10. The second kappa shape index (κ2) is 5.46. The third kappa shape index (κ3) is 3.18. The number of hydrogen-bond donors (Lipinski definition) is 2. The number of rotatable bonds is 4. The average molecular weight is 264 g/mol. The lowest BCUT2D eigenvalue weighted by atomic mass is 10.2. The normalized spacial score (nSPS) is 10.1. The molecule has 2 rings (SSSR count). The summed E-state index contributed by atoms with van der Waals surface area (Å²) in [6.45, 7) is 0.500. The minimum atomic E-state index is -1.08. The number of halogens is 1. The molecule has 0 spiro atoms. The summed E-state index contributed by atoms with van der Waals surface area (Å²) in [6, 6.07) is 8.66. The maximum absolute atomic E-state index is 10.7. The van der Waals surface area contributed by atoms with Crippen LogP contribution in [0.25, 0.3) is 0 Å². The van der Waals surface area contributed by atoms with Gasteiger partial charge in [-0.25, -0.2) is 14.8 Å². The van der Waals surface area contributed by atoms with Crippen LogP contribution in [0.3, 0.4) is 0 Å². The van der Waals surface area contributed by atoms with Gasteiger partial charge in [0.15, 0.2) is 5.69 Å². The molecule has 0 bridgehead atoms. The summed E-state index contributed by atoms with van der Waals surface area (Å²) in [4.78, 5) is 18.5. The summed E-state index contributed by atoms with van der Waals surface area (Å²) in [7, 11) is 0. The van der Waals surface area contributed by atoms with Gasteiger partial charge in [-0.2, -0.15) is 0 Å². The van der Waals surface area contributed by atoms with Crippen LogP contribution in [-0.4, -0.2) is 21.0 Å². The van der Waals surface area contributed by atoms with Crippen molar-refractivity contribution in [3.8, 4) is 0 Å². The van der Waals surface area contributed by atoms with Crippen molar-refractivity contribution in [3.63, 3.8) is 0 Å². The highest BCUT2D eigenvalue weighted by molar-refractivity contribution is 6.30. The molecule has 18 heavy (non-hydrogen) atoms. The number of carbonyl (C=O) groups is 1. The van der Waals surface area contributed by atoms with Crippen LogP contribution >= 0.6 is 11.6 Å². The van der Waals surface area contributed by atoms with Gasteiger partial charge in [-0.15, -0.1) is 0 Å². The van der Waals surface area contributed by atoms with Crippen LogP contribution in [0.15, 0.2) is 36.5 Å². The zero-order valence-corrected chi connectivity index (χ0v) is 10.1. The van der Waals surface area contributed by atoms with Gasteiger partial charge in [-0.3, -0.25) is 0 Å². The molecule has 2 aromatic rings. The van der Waals surface area contributed by atoms with Crippen molar-refractivity contribution in [1.82, 2.24) is 9.97 Å². The Morgan fingerprint density at radius 3 is 2.67 bits per heavy atom. The SMILES string of the molecule is O=C(O)c1ccnc(NCc2ccc(Cl)cc2)n1. The van der Waals surface area contributed by atoms with Crippen LogP contribution in [0.2, 0.25) is 5.02 Å². The van der Waals surface area contributed by atoms with Gasteiger partial charge in [-0.05, 0) is 23.8 Å². The van der Waals surface area contributed by atoms with Crippen LogP contribution in [0.1, 0.15) is 16.1 Å². The Balaban J connectivity index is 2.04. The fourth-order valence-corrected chi connectivity index (χ4v) is 1.47. The summed E-state index contributed by atoms with van der Waals surface area (Å²) < 4.78 is 0. The minimum absolute atomic E-state index is 0.0383. The van der Waals surface area contributed by atoms with E-state index >= 15 is 0 Å². The average Bonchev–Trinajstić information content (AvgIpc) is 2.38. The highest BCUT2D eigenvalue weighted by Gasteiger charge is 2.05. The Morgan fingerprint density at radius 1 is 1.28 bits per heavy atom. The fourth-order valence-electron chi connectivity index (χ4n) is 1.35. The van der Waals surface area contributed by atoms with Gasteiger partial charge in [0.25, 0.3) is 0 Å². The van der Waals surface area contributed by atoms with Crippen molar-refractivity contribution in [3.05, 3.63) is 52.8 Å². The molecular formula is C12H10ClN3O2. The fraction of sp³-hybridized carbons (Fsp3) is 0.0833. The second-order valence-corrected chi connectivity index (χ2v) is 3.99. The van der Waals surface area contributed by atoms with Gasteiger partial charge in [0.05, 0.1) is 0 Å². The van der Waals surface area contributed by atoms with Gasteiger partial charge in [0.2, 0.25) is 5.95 Å². The van der Waals surface area contributed by atoms with E-state index in [1.165, 1.54) is 12.3 Å². The number of anilines is 1. The molecule has 0 unspecified atom stereocenters. The van der Waals surface area contributed by atoms with Crippen molar-refractivity contribution >= 4 is 23.5 Å². The number of hydrogen-bond acceptors (Lipinski definition) is 4. The van der Waals surface area contributed by atoms with E-state index < -0.39 is 5.97 Å². The monoisotopic (exact) mass is 263 g/mol. The Labute approximate surface area is 108 Å². The molecule has 5 nitrogen and oxygen atoms in total. The third-order valence-corrected chi connectivity index (χ3v) is 2.49. The first-order chi connectivity index (χ1) is 8.65. The van der Waals surface area contributed by atoms with E-state index in [0.29, 0.717) is 11.6 Å². The second-order valence-electron chi connectivity index (χ2n) is 3.55. The van der Waals surface area contributed by atoms with Crippen molar-refractivity contribution < 1.29 is 9.90 Å². The van der Waals surface area contributed by atoms with E-state index in [4.69, 9.17) is 16.7 Å². The maximum atomic E-state index is 10.7. The summed E-state index contributed by atoms with van der Waals surface area (Å²) in [5, 5.41) is 12.4. The van der Waals surface area contributed by atoms with Gasteiger partial charge in [0.1, 0.15) is 0 Å². The standard InChI is InChI=1S/C12H10ClN3O2/c13-9-3-1-8(2-4-9)7-15-12-14-6-5-10(16-12)11(17)18/h1-6H,7H2,(H,17,18)(H,14,15,16). The zero-order valence-electron chi connectivity index (χ0n) is 9.30. The van der Waals surface area contributed by atoms with E-state index in [1.54, 1.807) is 12.1 Å². The minimum Gasteiger partial charge on any atom is -0.477 e. The molecule has 92 valence electrons. The zero-order chi connectivity index (χ0) is 13.0. The maximum Gasteiger partial charge on any atom is 0.354 e. The molecule has 2 N–H and O–H groups in total. The molecule has 0 amide bonds. The largest absolute Gasteiger partial charge is 0.477 e. The number of nitrogens with one attached hydrogen (secondary N) is 1. The van der Waals surface area contributed by atoms with Crippen LogP contribution in [0.5, 0.6) is 0 Å². The molecule has 0 saturated carbocycles. The number of aromatic carboxylic acids is 1. The molecule has 1 aromatic carbocycles. The predicted octanol–water partition coefficient (Wildman–Crippen LogP) is 2.44. The lowest BCUT2D eigenvalue weighted by molar-refractivity contribution is 0.0690. The van der Waals surface area contributed by atoms with Crippen molar-refractivity contribution in [2.75, 3.05) is 5.32 Å². The topological polar surface area (TPSA) is 75.1 Å². The Bertz CT molecular complexity index is 558. The van der Waals surface area contributed by atoms with Gasteiger partial charge >= 0.3 is 5.97 Å². The number of carboxylic acids is 1. The van der Waals surface area contributed by atoms with Crippen molar-refractivity contribution in [1.29, 1.82) is 0 Å². The number of carboxylic acid groups (broad SMARTS) is 1. The predicted molar refractivity (Wildman–Crippen MR) is 67.8 cm³/mol. The summed E-state index contributed by atoms with van der Waals surface area (Å²) in [6.07, 6.45) is 1.40. The van der Waals surface area contributed by atoms with E-state index in [9.17, 15) is 4.79 Å². The molecule has 6 heteroatoms. The van der Waals surface area contributed by atoms with Crippen molar-refractivity contribution in [2.45, 2.75) is 6.54 Å². The number of benzene rings is 1. The first-order valence-electron chi connectivity index (χ1n) is 5.20. The van der Waals surface area contributed by atoms with E-state index in [0.717, 1.165) is 5.56 Å². The van der Waals surface area contributed by atoms with Crippen LogP contribution in [-0.2, 0) is 6.54 Å². The third-order valence-electron chi connectivity index (χ3n) is 2.24. The van der Waals surface area contributed by atoms with Gasteiger partial charge < -0.3 is 10.4 Å². The van der Waals surface area contributed by atoms with Crippen molar-refractivity contribution in [2.24, 2.45) is 0 Å². The quantitative estimate of drug-likeness (QED) is 0.886. The summed E-state index contributed by atoms with van der Waals surface area (Å²) in [5.41, 5.74) is 0.965. The molecule has 0 aliphatic rings. The smallest absolute Gasteiger partial charge is 0.354 e. The molecule has 0 saturated heterocycles. The van der Waals surface area contributed by atoms with E-state index in [1.807, 2.05) is 12.1 Å². The molecule has 0 aliphatic carbocycles. The number of nitrogens with zero attached hydrogens (tertiary/aromatic N) is 2. The molecule has 1 aromatic heterocycles.